The summed E-state index contributed by atoms with van der Waals surface area (Å²) < 4.78 is 46.5. The molecule has 16 heteroatoms. The summed E-state index contributed by atoms with van der Waals surface area (Å²) in [6.07, 6.45) is 72.1. The van der Waals surface area contributed by atoms with Crippen molar-refractivity contribution in [3.05, 3.63) is 264 Å². The highest BCUT2D eigenvalue weighted by atomic mass is 35.7. The van der Waals surface area contributed by atoms with Gasteiger partial charge in [0.2, 0.25) is 11.4 Å². The number of halogens is 1. The van der Waals surface area contributed by atoms with Crippen molar-refractivity contribution in [1.29, 1.82) is 0 Å². The number of allylic oxidation sites excluding steroid dienone is 16. The van der Waals surface area contributed by atoms with E-state index in [0.717, 1.165) is 38.8 Å². The SMILES string of the molecule is C.C[N+]1=C(/C=C/C=C/C=C/C=C2/N(CCCCCCCCCCCCCCCCCCO)c3ccc4ccccc4c3C2(C)C)C(C)(C)c2c1ccc1ccccc21.C[N+]1=C(/C=C/C=C/C=C/C=C2/N(CCCCCCCCCCCCCCCCCCOP(=O)([O-])OCC[N+](C)(C)C)c3ccc4ccccc4c3C2(C)C)C(C)(C)c2c1ccc1ccccc21.O=P1(Cl)OCCO1. The number of fused-ring (bicyclic) bond motifs is 12. The van der Waals surface area contributed by atoms with Gasteiger partial charge in [-0.15, -0.1) is 0 Å². The minimum absolute atomic E-state index is 0. The van der Waals surface area contributed by atoms with Crippen LogP contribution in [0.15, 0.2) is 242 Å². The number of hydrogen-bond acceptors (Lipinski definition) is 10. The van der Waals surface area contributed by atoms with Crippen LogP contribution < -0.4 is 14.7 Å². The summed E-state index contributed by atoms with van der Waals surface area (Å²) >= 11 is 5.08. The number of aliphatic hydroxyl groups excluding tert-OH is 1. The lowest BCUT2D eigenvalue weighted by molar-refractivity contribution is -0.870. The van der Waals surface area contributed by atoms with E-state index in [1.807, 2.05) is 21.1 Å². The van der Waals surface area contributed by atoms with Crippen molar-refractivity contribution in [3.8, 4) is 0 Å². The van der Waals surface area contributed by atoms with E-state index in [1.54, 1.807) is 0 Å². The molecule has 714 valence electrons. The highest BCUT2D eigenvalue weighted by Gasteiger charge is 2.47. The molecule has 0 radical (unpaired) electrons. The topological polar surface area (TPSA) is 127 Å². The minimum atomic E-state index is -4.18. The number of aliphatic hydroxyl groups is 1. The molecule has 5 aliphatic heterocycles. The molecule has 1 unspecified atom stereocenters. The van der Waals surface area contributed by atoms with E-state index in [4.69, 9.17) is 25.4 Å². The van der Waals surface area contributed by atoms with Gasteiger partial charge in [-0.1, -0.05) is 385 Å². The highest BCUT2D eigenvalue weighted by molar-refractivity contribution is 7.81. The number of quaternary nitrogens is 1. The van der Waals surface area contributed by atoms with Crippen molar-refractivity contribution >= 4 is 103 Å². The molecule has 0 aliphatic carbocycles. The first-order valence-electron chi connectivity index (χ1n) is 50.0. The zero-order chi connectivity index (χ0) is 93.3. The van der Waals surface area contributed by atoms with Gasteiger partial charge in [0.25, 0.3) is 7.82 Å². The van der Waals surface area contributed by atoms with E-state index >= 15 is 0 Å². The second kappa shape index (κ2) is 51.9. The lowest BCUT2D eigenvalue weighted by atomic mass is 9.79. The Morgan fingerprint density at radius 2 is 0.689 bits per heavy atom. The van der Waals surface area contributed by atoms with Crippen LogP contribution in [0.1, 0.15) is 291 Å². The van der Waals surface area contributed by atoms with E-state index in [9.17, 15) is 14.0 Å². The van der Waals surface area contributed by atoms with Crippen molar-refractivity contribution in [2.24, 2.45) is 0 Å². The summed E-state index contributed by atoms with van der Waals surface area (Å²) in [5.41, 5.74) is 16.1. The molecule has 8 aromatic rings. The van der Waals surface area contributed by atoms with Gasteiger partial charge in [-0.3, -0.25) is 13.6 Å². The van der Waals surface area contributed by atoms with Gasteiger partial charge >= 0.3 is 6.95 Å². The predicted molar refractivity (Wildman–Crippen MR) is 565 cm³/mol. The van der Waals surface area contributed by atoms with Crippen LogP contribution >= 0.6 is 26.0 Å². The Morgan fingerprint density at radius 3 is 1.02 bits per heavy atom. The number of nitrogens with zero attached hydrogens (tertiary/aromatic N) is 5. The molecule has 8 aromatic carbocycles. The molecular weight excluding hydrogens is 1690 g/mol. The monoisotopic (exact) mass is 1850 g/mol. The summed E-state index contributed by atoms with van der Waals surface area (Å²) in [5, 5.41) is 19.6. The number of likely N-dealkylation sites (N-methyl/N-ethyl adjacent to an activating group) is 1. The Hall–Kier alpha value is -7.87. The Morgan fingerprint density at radius 1 is 0.402 bits per heavy atom. The first kappa shape index (κ1) is 106. The summed E-state index contributed by atoms with van der Waals surface area (Å²) in [4.78, 5) is 17.1. The van der Waals surface area contributed by atoms with E-state index in [-0.39, 0.29) is 42.3 Å². The molecule has 0 aromatic heterocycles. The molecule has 5 heterocycles. The number of phosphoric acid groups is 1. The first-order chi connectivity index (χ1) is 63.1. The minimum Gasteiger partial charge on any atom is -0.756 e. The molecule has 5 aliphatic rings. The summed E-state index contributed by atoms with van der Waals surface area (Å²) in [6.45, 7) is 20.1. The van der Waals surface area contributed by atoms with Gasteiger partial charge < -0.3 is 33.3 Å². The van der Waals surface area contributed by atoms with Gasteiger partial charge in [0, 0.05) is 99.9 Å². The molecule has 0 bridgehead atoms. The van der Waals surface area contributed by atoms with Crippen LogP contribution in [-0.4, -0.2) is 118 Å². The fraction of sp³-hybridized carbons (Fsp3) is 0.500. The Balaban J connectivity index is 0.000000255. The van der Waals surface area contributed by atoms with Gasteiger partial charge in [-0.05, 0) is 144 Å². The van der Waals surface area contributed by atoms with Crippen LogP contribution in [0.2, 0.25) is 0 Å². The van der Waals surface area contributed by atoms with Gasteiger partial charge in [-0.25, -0.2) is 4.57 Å². The van der Waals surface area contributed by atoms with Crippen molar-refractivity contribution in [1.82, 2.24) is 0 Å². The van der Waals surface area contributed by atoms with Crippen LogP contribution in [-0.2, 0) is 48.9 Å². The van der Waals surface area contributed by atoms with Crippen molar-refractivity contribution in [3.63, 3.8) is 0 Å². The molecule has 0 amide bonds. The second-order valence-electron chi connectivity index (χ2n) is 40.0. The van der Waals surface area contributed by atoms with Crippen molar-refractivity contribution < 1.29 is 50.9 Å². The Labute approximate surface area is 800 Å². The highest BCUT2D eigenvalue weighted by Crippen LogP contribution is 2.57. The maximum atomic E-state index is 11.9. The molecule has 1 fully saturated rings. The molecule has 1 saturated heterocycles. The molecule has 132 heavy (non-hydrogen) atoms. The van der Waals surface area contributed by atoms with E-state index in [1.165, 1.54) is 291 Å². The third-order valence-electron chi connectivity index (χ3n) is 27.6. The molecule has 0 saturated carbocycles. The van der Waals surface area contributed by atoms with Crippen molar-refractivity contribution in [2.75, 3.05) is 97.7 Å². The average Bonchev–Trinajstić information content (AvgIpc) is 1.60. The first-order valence-corrected chi connectivity index (χ1v) is 53.9. The number of rotatable bonds is 50. The molecule has 13 rings (SSSR count). The van der Waals surface area contributed by atoms with E-state index < -0.39 is 14.8 Å². The summed E-state index contributed by atoms with van der Waals surface area (Å²) in [7, 11) is 6.22. The zero-order valence-corrected chi connectivity index (χ0v) is 84.6. The number of unbranched alkanes of at least 4 members (excludes halogenated alkanes) is 30. The van der Waals surface area contributed by atoms with E-state index in [2.05, 4.69) is 328 Å². The van der Waals surface area contributed by atoms with Gasteiger partial charge in [0.1, 0.15) is 27.2 Å². The quantitative estimate of drug-likeness (QED) is 0.0129. The Kier molecular flexibility index (Phi) is 41.7. The third kappa shape index (κ3) is 29.3. The summed E-state index contributed by atoms with van der Waals surface area (Å²) in [6, 6.07) is 53.7. The Bertz CT molecular complexity index is 5470. The fourth-order valence-corrected chi connectivity index (χ4v) is 22.4. The predicted octanol–water partition coefficient (Wildman–Crippen LogP) is 31.4. The van der Waals surface area contributed by atoms with Crippen LogP contribution in [0.5, 0.6) is 0 Å². The average molecular weight is 1850 g/mol. The lowest BCUT2D eigenvalue weighted by Gasteiger charge is -2.27. The lowest BCUT2D eigenvalue weighted by Crippen LogP contribution is -2.37. The van der Waals surface area contributed by atoms with Gasteiger partial charge in [-0.2, -0.15) is 9.15 Å². The molecule has 13 nitrogen and oxygen atoms in total. The van der Waals surface area contributed by atoms with Gasteiger partial charge in [0.05, 0.1) is 51.8 Å². The number of hydrogen-bond donors (Lipinski definition) is 1. The van der Waals surface area contributed by atoms with Gasteiger partial charge in [0.15, 0.2) is 11.4 Å². The number of phosphoric ester groups is 1. The maximum Gasteiger partial charge on any atom is 0.424 e. The van der Waals surface area contributed by atoms with Crippen LogP contribution in [0, 0.1) is 0 Å². The smallest absolute Gasteiger partial charge is 0.424 e. The normalized spacial score (nSPS) is 17.5. The van der Waals surface area contributed by atoms with Crippen LogP contribution in [0.4, 0.5) is 22.7 Å². The molecule has 0 spiro atoms. The molecular formula is C116H162ClN5O8P2+2. The fourth-order valence-electron chi connectivity index (χ4n) is 20.6. The maximum absolute atomic E-state index is 11.9. The van der Waals surface area contributed by atoms with Crippen molar-refractivity contribution in [2.45, 2.75) is 290 Å². The standard InChI is InChI=1S/C59H83N3O4P.C54H71N2O.C2H4ClO3P.CH4/c1-58(2)54(60(5)52-42-40-48-34-28-30-36-50(48)56(52)58)38-26-22-21-23-27-39-55-59(3,4)57-51-37-31-29-35-49(51)41-43-53(57)61(55)44-32-24-19-17-15-13-11-9-10-12-14-16-18-20-25-33-46-65-67(63,64)66-47-45-62(6,7)8;1-53(2)49(55(5)47-39-37-43-31-25-27-33-45(43)51(47)53)35-23-19-18-20-24-36-50-54(3,4)52-46-34-28-26-32-44(46)38-40-48(52)56(50)41-29-21-16-14-12-10-8-6-7-9-11-13-15-17-22-30-42-57;3-7(4)5-1-2-6-7;/h21-23,26-31,34-43H,9-20,24-25,32-33,44-47H2,1-8H3;18-20,23-28,31-40,57H,6-17,21-22,29-30,41-42H2,1-5H3;1-2H2;1H4/q2*+1;;. The third-order valence-corrected chi connectivity index (χ3v) is 30.2. The molecule has 1 atom stereocenters. The van der Waals surface area contributed by atoms with E-state index in [0.29, 0.717) is 30.8 Å². The number of benzene rings is 8. The number of anilines is 2. The summed E-state index contributed by atoms with van der Waals surface area (Å²) in [5.74, 6) is 0. The molecule has 1 N–H and O–H groups in total. The zero-order valence-electron chi connectivity index (χ0n) is 82.0. The second-order valence-corrected chi connectivity index (χ2v) is 44.1. The largest absolute Gasteiger partial charge is 0.756 e. The van der Waals surface area contributed by atoms with Crippen LogP contribution in [0.25, 0.3) is 43.1 Å². The van der Waals surface area contributed by atoms with Crippen LogP contribution in [0.3, 0.4) is 0 Å².